The van der Waals surface area contributed by atoms with Crippen LogP contribution in [-0.4, -0.2) is 17.3 Å². The van der Waals surface area contributed by atoms with Crippen molar-refractivity contribution in [2.75, 3.05) is 0 Å². The Hall–Kier alpha value is -7.27. The first kappa shape index (κ1) is 39.0. The van der Waals surface area contributed by atoms with Crippen molar-refractivity contribution in [1.82, 2.24) is 0 Å². The molecule has 0 amide bonds. The molecule has 0 aromatic heterocycles. The van der Waals surface area contributed by atoms with Gasteiger partial charge in [-0.1, -0.05) is 59.8 Å². The molecule has 6 aromatic carbocycles. The van der Waals surface area contributed by atoms with Crippen LogP contribution in [0.1, 0.15) is 100 Å². The SMILES string of the molecule is O=C1CCc2cc(C#Cc3ccc(F)c(F)c3)ccc21.O=C1CCc2cc(C#Cc3cccc(F)c3F)ccc21.O=C1CCc2cc(C#Cc3ccccc3)ccc21. The first-order chi connectivity index (χ1) is 28.1. The molecule has 0 bridgehead atoms. The summed E-state index contributed by atoms with van der Waals surface area (Å²) in [4.78, 5) is 34.5. The van der Waals surface area contributed by atoms with E-state index in [1.807, 2.05) is 60.7 Å². The fraction of sp³-hybridized carbons (Fsp3) is 0.118. The summed E-state index contributed by atoms with van der Waals surface area (Å²) in [6.07, 6.45) is 4.05. The fourth-order valence-corrected chi connectivity index (χ4v) is 6.72. The van der Waals surface area contributed by atoms with Crippen LogP contribution in [0.15, 0.2) is 121 Å². The second kappa shape index (κ2) is 17.7. The highest BCUT2D eigenvalue weighted by atomic mass is 19.2. The smallest absolute Gasteiger partial charge is 0.174 e. The van der Waals surface area contributed by atoms with Crippen molar-refractivity contribution in [2.24, 2.45) is 0 Å². The number of Topliss-reactive ketones (excluding diaryl/α,β-unsaturated/α-hetero) is 3. The summed E-state index contributed by atoms with van der Waals surface area (Å²) in [6, 6.07) is 34.0. The highest BCUT2D eigenvalue weighted by Crippen LogP contribution is 2.25. The Kier molecular flexibility index (Phi) is 11.9. The lowest BCUT2D eigenvalue weighted by Crippen LogP contribution is -1.91. The largest absolute Gasteiger partial charge is 0.294 e. The number of hydrogen-bond donors (Lipinski definition) is 0. The minimum absolute atomic E-state index is 0.0292. The maximum absolute atomic E-state index is 13.5. The number of hydrogen-bond acceptors (Lipinski definition) is 3. The number of carbonyl (C=O) groups is 3. The van der Waals surface area contributed by atoms with Crippen LogP contribution < -0.4 is 0 Å². The molecule has 282 valence electrons. The maximum atomic E-state index is 13.5. The lowest BCUT2D eigenvalue weighted by atomic mass is 10.1. The number of halogens is 4. The molecule has 0 radical (unpaired) electrons. The Labute approximate surface area is 333 Å². The number of ketones is 3. The average molecular weight is 769 g/mol. The van der Waals surface area contributed by atoms with Crippen molar-refractivity contribution in [2.45, 2.75) is 38.5 Å². The molecule has 58 heavy (non-hydrogen) atoms. The molecule has 0 N–H and O–H groups in total. The quantitative estimate of drug-likeness (QED) is 0.114. The number of rotatable bonds is 0. The van der Waals surface area contributed by atoms with Crippen molar-refractivity contribution >= 4 is 17.3 Å². The Morgan fingerprint density at radius 2 is 0.776 bits per heavy atom. The predicted molar refractivity (Wildman–Crippen MR) is 214 cm³/mol. The molecule has 0 atom stereocenters. The van der Waals surface area contributed by atoms with Gasteiger partial charge in [0.2, 0.25) is 0 Å². The van der Waals surface area contributed by atoms with Crippen molar-refractivity contribution in [3.63, 3.8) is 0 Å². The van der Waals surface area contributed by atoms with E-state index in [9.17, 15) is 31.9 Å². The van der Waals surface area contributed by atoms with Crippen LogP contribution in [0.3, 0.4) is 0 Å². The van der Waals surface area contributed by atoms with Crippen molar-refractivity contribution in [3.05, 3.63) is 211 Å². The molecular formula is C51H32F4O3. The Morgan fingerprint density at radius 1 is 0.345 bits per heavy atom. The van der Waals surface area contributed by atoms with Crippen LogP contribution in [0.25, 0.3) is 0 Å². The molecule has 3 nitrogen and oxygen atoms in total. The second-order valence-electron chi connectivity index (χ2n) is 13.7. The third-order valence-electron chi connectivity index (χ3n) is 9.77. The van der Waals surface area contributed by atoms with Gasteiger partial charge in [-0.25, -0.2) is 17.6 Å². The van der Waals surface area contributed by atoms with E-state index in [0.717, 1.165) is 87.5 Å². The highest BCUT2D eigenvalue weighted by Gasteiger charge is 2.20. The zero-order chi connectivity index (χ0) is 40.6. The van der Waals surface area contributed by atoms with E-state index < -0.39 is 23.3 Å². The van der Waals surface area contributed by atoms with Gasteiger partial charge in [0.05, 0.1) is 5.56 Å². The Bertz CT molecular complexity index is 2800. The second-order valence-corrected chi connectivity index (χ2v) is 13.7. The van der Waals surface area contributed by atoms with E-state index >= 15 is 0 Å². The van der Waals surface area contributed by atoms with Crippen LogP contribution in [0, 0.1) is 58.8 Å². The molecule has 9 rings (SSSR count). The molecule has 0 aliphatic heterocycles. The van der Waals surface area contributed by atoms with Gasteiger partial charge in [0.1, 0.15) is 0 Å². The maximum Gasteiger partial charge on any atom is 0.174 e. The van der Waals surface area contributed by atoms with Crippen LogP contribution >= 0.6 is 0 Å². The summed E-state index contributed by atoms with van der Waals surface area (Å²) in [5.74, 6) is 14.3. The number of carbonyl (C=O) groups excluding carboxylic acids is 3. The van der Waals surface area contributed by atoms with Gasteiger partial charge in [-0.05, 0) is 133 Å². The van der Waals surface area contributed by atoms with E-state index in [4.69, 9.17) is 0 Å². The number of aryl methyl sites for hydroxylation is 3. The van der Waals surface area contributed by atoms with Gasteiger partial charge in [-0.2, -0.15) is 0 Å². The fourth-order valence-electron chi connectivity index (χ4n) is 6.72. The molecule has 0 saturated carbocycles. The van der Waals surface area contributed by atoms with E-state index in [2.05, 4.69) is 35.5 Å². The summed E-state index contributed by atoms with van der Waals surface area (Å²) in [5.41, 5.74) is 9.40. The monoisotopic (exact) mass is 768 g/mol. The summed E-state index contributed by atoms with van der Waals surface area (Å²) < 4.78 is 52.3. The zero-order valence-electron chi connectivity index (χ0n) is 31.0. The van der Waals surface area contributed by atoms with Crippen molar-refractivity contribution < 1.29 is 31.9 Å². The third-order valence-corrected chi connectivity index (χ3v) is 9.77. The minimum Gasteiger partial charge on any atom is -0.294 e. The van der Waals surface area contributed by atoms with Crippen molar-refractivity contribution in [3.8, 4) is 35.5 Å². The molecule has 0 fully saturated rings. The van der Waals surface area contributed by atoms with Crippen LogP contribution in [-0.2, 0) is 19.3 Å². The first-order valence-electron chi connectivity index (χ1n) is 18.6. The van der Waals surface area contributed by atoms with Gasteiger partial charge in [-0.3, -0.25) is 14.4 Å². The summed E-state index contributed by atoms with van der Waals surface area (Å²) in [5, 5.41) is 0. The molecular weight excluding hydrogens is 737 g/mol. The van der Waals surface area contributed by atoms with Gasteiger partial charge in [0.15, 0.2) is 40.6 Å². The normalized spacial score (nSPS) is 12.8. The number of benzene rings is 6. The van der Waals surface area contributed by atoms with Gasteiger partial charge in [-0.15, -0.1) is 0 Å². The van der Waals surface area contributed by atoms with Gasteiger partial charge in [0, 0.05) is 63.8 Å². The molecule has 3 aliphatic rings. The molecule has 0 spiro atoms. The third kappa shape index (κ3) is 9.39. The van der Waals surface area contributed by atoms with E-state index in [0.29, 0.717) is 30.4 Å². The van der Waals surface area contributed by atoms with Crippen LogP contribution in [0.2, 0.25) is 0 Å². The molecule has 6 aromatic rings. The molecule has 7 heteroatoms. The Balaban J connectivity index is 0.000000133. The van der Waals surface area contributed by atoms with Crippen LogP contribution in [0.5, 0.6) is 0 Å². The lowest BCUT2D eigenvalue weighted by molar-refractivity contribution is 0.0986. The van der Waals surface area contributed by atoms with Gasteiger partial charge < -0.3 is 0 Å². The summed E-state index contributed by atoms with van der Waals surface area (Å²) >= 11 is 0. The first-order valence-corrected chi connectivity index (χ1v) is 18.6. The Morgan fingerprint density at radius 3 is 1.26 bits per heavy atom. The van der Waals surface area contributed by atoms with Crippen LogP contribution in [0.4, 0.5) is 17.6 Å². The molecule has 3 aliphatic carbocycles. The topological polar surface area (TPSA) is 51.2 Å². The molecule has 0 unspecified atom stereocenters. The predicted octanol–water partition coefficient (Wildman–Crippen LogP) is 10.2. The molecule has 0 heterocycles. The van der Waals surface area contributed by atoms with Gasteiger partial charge >= 0.3 is 0 Å². The van der Waals surface area contributed by atoms with E-state index in [-0.39, 0.29) is 22.9 Å². The molecule has 0 saturated heterocycles. The minimum atomic E-state index is -0.934. The summed E-state index contributed by atoms with van der Waals surface area (Å²) in [7, 11) is 0. The lowest BCUT2D eigenvalue weighted by Gasteiger charge is -1.98. The summed E-state index contributed by atoms with van der Waals surface area (Å²) in [6.45, 7) is 0. The number of fused-ring (bicyclic) bond motifs is 3. The van der Waals surface area contributed by atoms with E-state index in [1.165, 1.54) is 18.2 Å². The standard InChI is InChI=1S/2C17H10F2O.C17H12O/c18-15-7-4-12(10-16(15)19)2-1-11-3-6-14-13(9-11)5-8-17(14)20;18-15-3-1-2-12(17(15)19)6-4-11-5-8-14-13(10-11)7-9-16(14)20;18-17-11-9-15-12-14(8-10-16(15)17)7-6-13-4-2-1-3-5-13/h3-4,6-7,9-10H,5,8H2;1-3,5,8,10H,7,9H2;1-5,8,10,12H,9,11H2. The highest BCUT2D eigenvalue weighted by molar-refractivity contribution is 6.01. The average Bonchev–Trinajstić information content (AvgIpc) is 3.93. The van der Waals surface area contributed by atoms with Gasteiger partial charge in [0.25, 0.3) is 0 Å². The van der Waals surface area contributed by atoms with E-state index in [1.54, 1.807) is 24.3 Å². The van der Waals surface area contributed by atoms with Crippen molar-refractivity contribution in [1.29, 1.82) is 0 Å². The zero-order valence-corrected chi connectivity index (χ0v) is 31.0.